The molecule has 0 N–H and O–H groups in total. The lowest BCUT2D eigenvalue weighted by Gasteiger charge is -2.03. The number of benzene rings is 1. The molecule has 1 aromatic heterocycles. The van der Waals surface area contributed by atoms with Gasteiger partial charge in [-0.1, -0.05) is 32.0 Å². The monoisotopic (exact) mass is 230 g/mol. The van der Waals surface area contributed by atoms with Gasteiger partial charge < -0.3 is 0 Å². The Hall–Kier alpha value is -1.08. The Bertz CT molecular complexity index is 492. The third kappa shape index (κ3) is 2.19. The molecule has 1 heteroatoms. The van der Waals surface area contributed by atoms with Crippen LogP contribution in [0.4, 0.5) is 0 Å². The first kappa shape index (κ1) is 11.4. The van der Waals surface area contributed by atoms with Crippen molar-refractivity contribution in [2.45, 2.75) is 33.6 Å². The van der Waals surface area contributed by atoms with E-state index in [1.165, 1.54) is 26.4 Å². The van der Waals surface area contributed by atoms with Crippen LogP contribution in [0.15, 0.2) is 30.3 Å². The molecular weight excluding hydrogens is 212 g/mol. The first-order valence-electron chi connectivity index (χ1n) is 5.75. The minimum Gasteiger partial charge on any atom is -0.140 e. The van der Waals surface area contributed by atoms with Crippen LogP contribution in [0.3, 0.4) is 0 Å². The van der Waals surface area contributed by atoms with Gasteiger partial charge in [-0.25, -0.2) is 0 Å². The molecule has 2 aromatic rings. The van der Waals surface area contributed by atoms with E-state index >= 15 is 0 Å². The minimum atomic E-state index is 0.630. The summed E-state index contributed by atoms with van der Waals surface area (Å²) in [6.07, 6.45) is 0. The van der Waals surface area contributed by atoms with Crippen LogP contribution in [-0.2, 0) is 0 Å². The summed E-state index contributed by atoms with van der Waals surface area (Å²) < 4.78 is 0. The molecule has 0 saturated heterocycles. The average molecular weight is 230 g/mol. The van der Waals surface area contributed by atoms with Crippen molar-refractivity contribution in [2.75, 3.05) is 0 Å². The second kappa shape index (κ2) is 4.42. The summed E-state index contributed by atoms with van der Waals surface area (Å²) in [5.41, 5.74) is 4.08. The van der Waals surface area contributed by atoms with Gasteiger partial charge in [-0.05, 0) is 48.6 Å². The quantitative estimate of drug-likeness (QED) is 0.669. The highest BCUT2D eigenvalue weighted by Gasteiger charge is 2.06. The van der Waals surface area contributed by atoms with Gasteiger partial charge in [-0.3, -0.25) is 0 Å². The van der Waals surface area contributed by atoms with Crippen molar-refractivity contribution in [3.8, 4) is 10.4 Å². The van der Waals surface area contributed by atoms with Crippen molar-refractivity contribution in [3.63, 3.8) is 0 Å². The Morgan fingerprint density at radius 3 is 2.25 bits per heavy atom. The first-order valence-corrected chi connectivity index (χ1v) is 6.57. The maximum absolute atomic E-state index is 2.28. The zero-order chi connectivity index (χ0) is 11.7. The van der Waals surface area contributed by atoms with Crippen LogP contribution >= 0.6 is 11.3 Å². The predicted molar refractivity (Wildman–Crippen MR) is 73.3 cm³/mol. The smallest absolute Gasteiger partial charge is 0.0345 e. The van der Waals surface area contributed by atoms with Crippen molar-refractivity contribution in [2.24, 2.45) is 0 Å². The van der Waals surface area contributed by atoms with E-state index in [9.17, 15) is 0 Å². The molecule has 0 spiro atoms. The van der Waals surface area contributed by atoms with Gasteiger partial charge in [0.15, 0.2) is 0 Å². The Morgan fingerprint density at radius 1 is 0.938 bits per heavy atom. The Kier molecular flexibility index (Phi) is 3.15. The van der Waals surface area contributed by atoms with E-state index in [2.05, 4.69) is 58.0 Å². The molecule has 0 aliphatic rings. The SMILES string of the molecule is Cc1ccc(-c2ccc(C(C)C)s2)cc1C. The third-order valence-electron chi connectivity index (χ3n) is 2.99. The van der Waals surface area contributed by atoms with Crippen LogP contribution in [-0.4, -0.2) is 0 Å². The van der Waals surface area contributed by atoms with E-state index < -0.39 is 0 Å². The average Bonchev–Trinajstić information content (AvgIpc) is 2.71. The molecule has 0 aliphatic heterocycles. The molecule has 2 rings (SSSR count). The largest absolute Gasteiger partial charge is 0.140 e. The molecule has 1 heterocycles. The van der Waals surface area contributed by atoms with E-state index in [-0.39, 0.29) is 0 Å². The molecule has 1 aromatic carbocycles. The molecule has 0 radical (unpaired) electrons. The number of aryl methyl sites for hydroxylation is 2. The molecule has 0 aliphatic carbocycles. The zero-order valence-corrected chi connectivity index (χ0v) is 11.2. The molecule has 84 valence electrons. The van der Waals surface area contributed by atoms with E-state index in [0.717, 1.165) is 0 Å². The molecule has 0 saturated carbocycles. The van der Waals surface area contributed by atoms with Gasteiger partial charge in [0.1, 0.15) is 0 Å². The Labute approximate surface area is 102 Å². The van der Waals surface area contributed by atoms with Crippen LogP contribution in [0, 0.1) is 13.8 Å². The molecule has 0 nitrogen and oxygen atoms in total. The van der Waals surface area contributed by atoms with Crippen LogP contribution < -0.4 is 0 Å². The van der Waals surface area contributed by atoms with Gasteiger partial charge in [0.05, 0.1) is 0 Å². The van der Waals surface area contributed by atoms with Gasteiger partial charge >= 0.3 is 0 Å². The molecular formula is C15H18S. The zero-order valence-electron chi connectivity index (χ0n) is 10.4. The molecule has 0 bridgehead atoms. The van der Waals surface area contributed by atoms with Crippen LogP contribution in [0.2, 0.25) is 0 Å². The van der Waals surface area contributed by atoms with Crippen molar-refractivity contribution in [1.82, 2.24) is 0 Å². The number of rotatable bonds is 2. The summed E-state index contributed by atoms with van der Waals surface area (Å²) >= 11 is 1.91. The second-order valence-corrected chi connectivity index (χ2v) is 5.77. The van der Waals surface area contributed by atoms with Gasteiger partial charge in [0.2, 0.25) is 0 Å². The van der Waals surface area contributed by atoms with Gasteiger partial charge in [0, 0.05) is 9.75 Å². The van der Waals surface area contributed by atoms with Crippen molar-refractivity contribution in [3.05, 3.63) is 46.3 Å². The first-order chi connectivity index (χ1) is 7.58. The van der Waals surface area contributed by atoms with Crippen LogP contribution in [0.1, 0.15) is 35.8 Å². The number of thiophene rings is 1. The van der Waals surface area contributed by atoms with Crippen LogP contribution in [0.5, 0.6) is 0 Å². The minimum absolute atomic E-state index is 0.630. The number of hydrogen-bond acceptors (Lipinski definition) is 1. The van der Waals surface area contributed by atoms with E-state index in [0.29, 0.717) is 5.92 Å². The topological polar surface area (TPSA) is 0 Å². The summed E-state index contributed by atoms with van der Waals surface area (Å²) in [5, 5.41) is 0. The maximum atomic E-state index is 2.28. The highest BCUT2D eigenvalue weighted by atomic mass is 32.1. The third-order valence-corrected chi connectivity index (χ3v) is 4.42. The normalized spacial score (nSPS) is 11.1. The fourth-order valence-electron chi connectivity index (χ4n) is 1.71. The lowest BCUT2D eigenvalue weighted by molar-refractivity contribution is 0.890. The fourth-order valence-corrected chi connectivity index (χ4v) is 2.72. The highest BCUT2D eigenvalue weighted by molar-refractivity contribution is 7.15. The number of hydrogen-bond donors (Lipinski definition) is 0. The Balaban J connectivity index is 2.39. The highest BCUT2D eigenvalue weighted by Crippen LogP contribution is 2.32. The summed E-state index contributed by atoms with van der Waals surface area (Å²) in [6, 6.07) is 11.2. The van der Waals surface area contributed by atoms with E-state index in [4.69, 9.17) is 0 Å². The van der Waals surface area contributed by atoms with Gasteiger partial charge in [-0.15, -0.1) is 11.3 Å². The molecule has 0 amide bonds. The maximum Gasteiger partial charge on any atom is 0.0345 e. The molecule has 0 fully saturated rings. The van der Waals surface area contributed by atoms with Crippen molar-refractivity contribution in [1.29, 1.82) is 0 Å². The fraction of sp³-hybridized carbons (Fsp3) is 0.333. The van der Waals surface area contributed by atoms with Crippen molar-refractivity contribution < 1.29 is 0 Å². The summed E-state index contributed by atoms with van der Waals surface area (Å²) in [5.74, 6) is 0.630. The second-order valence-electron chi connectivity index (χ2n) is 4.66. The summed E-state index contributed by atoms with van der Waals surface area (Å²) in [7, 11) is 0. The van der Waals surface area contributed by atoms with Crippen molar-refractivity contribution >= 4 is 11.3 Å². The van der Waals surface area contributed by atoms with E-state index in [1.54, 1.807) is 0 Å². The van der Waals surface area contributed by atoms with E-state index in [1.807, 2.05) is 11.3 Å². The lowest BCUT2D eigenvalue weighted by Crippen LogP contribution is -1.81. The van der Waals surface area contributed by atoms with Gasteiger partial charge in [-0.2, -0.15) is 0 Å². The molecule has 0 unspecified atom stereocenters. The molecule has 0 atom stereocenters. The standard InChI is InChI=1S/C15H18S/c1-10(2)14-7-8-15(16-14)13-6-5-11(3)12(4)9-13/h5-10H,1-4H3. The lowest BCUT2D eigenvalue weighted by atomic mass is 10.1. The van der Waals surface area contributed by atoms with Gasteiger partial charge in [0.25, 0.3) is 0 Å². The predicted octanol–water partition coefficient (Wildman–Crippen LogP) is 5.16. The molecule has 16 heavy (non-hydrogen) atoms. The Morgan fingerprint density at radius 2 is 1.69 bits per heavy atom. The summed E-state index contributed by atoms with van der Waals surface area (Å²) in [6.45, 7) is 8.83. The van der Waals surface area contributed by atoms with Crippen LogP contribution in [0.25, 0.3) is 10.4 Å². The summed E-state index contributed by atoms with van der Waals surface area (Å²) in [4.78, 5) is 2.85.